The third-order valence-corrected chi connectivity index (χ3v) is 3.42. The molecular weight excluding hydrogens is 285 g/mol. The maximum atomic E-state index is 9.60. The van der Waals surface area contributed by atoms with Crippen LogP contribution in [0.25, 0.3) is 0 Å². The van der Waals surface area contributed by atoms with Crippen molar-refractivity contribution in [2.75, 3.05) is 20.6 Å². The Hall–Kier alpha value is 0.430. The van der Waals surface area contributed by atoms with E-state index in [-0.39, 0.29) is 31.0 Å². The number of aliphatic carboxylic acids is 1. The summed E-state index contributed by atoms with van der Waals surface area (Å²) in [5.41, 5.74) is 0. The predicted molar refractivity (Wildman–Crippen MR) is 94.1 cm³/mol. The third-order valence-electron chi connectivity index (χ3n) is 3.42. The molecule has 0 heterocycles. The average molecular weight is 326 g/mol. The van der Waals surface area contributed by atoms with Crippen molar-refractivity contribution in [2.24, 2.45) is 0 Å². The summed E-state index contributed by atoms with van der Waals surface area (Å²) in [7, 11) is 4.32. The molecule has 130 valence electrons. The first-order valence-corrected chi connectivity index (χ1v) is 8.91. The van der Waals surface area contributed by atoms with E-state index in [9.17, 15) is 4.79 Å². The molecule has 0 bridgehead atoms. The summed E-state index contributed by atoms with van der Waals surface area (Å²) in [4.78, 5) is 11.9. The second-order valence-corrected chi connectivity index (χ2v) is 6.13. The van der Waals surface area contributed by atoms with Crippen LogP contribution in [0.2, 0.25) is 0 Å². The van der Waals surface area contributed by atoms with Crippen LogP contribution in [0.5, 0.6) is 0 Å². The number of hydrogen-bond donors (Lipinski definition) is 1. The van der Waals surface area contributed by atoms with Crippen molar-refractivity contribution in [2.45, 2.75) is 90.9 Å². The predicted octanol–water partition coefficient (Wildman–Crippen LogP) is 2.46. The molecule has 0 amide bonds. The van der Waals surface area contributed by atoms with Crippen molar-refractivity contribution in [3.8, 4) is 0 Å². The van der Waals surface area contributed by atoms with E-state index < -0.39 is 5.97 Å². The van der Waals surface area contributed by atoms with Gasteiger partial charge in [0.05, 0.1) is 0 Å². The standard InChI is InChI=1S/C14H31N.C4H8O2.Na.H/c1-4-5-6-7-8-9-10-11-12-13-14-15(2)3;1-2-3-4(5)6;;/h4-14H2,1-3H3;2-3H2,1H3,(H,5,6);;/q;;+1;-1. The molecule has 0 rings (SSSR count). The molecule has 0 aliphatic heterocycles. The van der Waals surface area contributed by atoms with Crippen LogP contribution in [0.4, 0.5) is 0 Å². The fourth-order valence-corrected chi connectivity index (χ4v) is 2.13. The topological polar surface area (TPSA) is 40.5 Å². The Morgan fingerprint density at radius 2 is 1.23 bits per heavy atom. The van der Waals surface area contributed by atoms with Gasteiger partial charge in [0, 0.05) is 6.42 Å². The molecule has 0 unspecified atom stereocenters. The van der Waals surface area contributed by atoms with Crippen LogP contribution in [0.1, 0.15) is 92.3 Å². The quantitative estimate of drug-likeness (QED) is 0.418. The molecule has 0 aromatic heterocycles. The van der Waals surface area contributed by atoms with Gasteiger partial charge in [-0.2, -0.15) is 0 Å². The van der Waals surface area contributed by atoms with E-state index in [0.717, 1.165) is 6.42 Å². The second kappa shape index (κ2) is 23.7. The van der Waals surface area contributed by atoms with Gasteiger partial charge in [0.15, 0.2) is 0 Å². The van der Waals surface area contributed by atoms with E-state index in [2.05, 4.69) is 25.9 Å². The van der Waals surface area contributed by atoms with Gasteiger partial charge in [-0.05, 0) is 33.5 Å². The zero-order valence-corrected chi connectivity index (χ0v) is 18.0. The van der Waals surface area contributed by atoms with E-state index in [1.165, 1.54) is 70.8 Å². The minimum atomic E-state index is -0.711. The maximum absolute atomic E-state index is 9.60. The van der Waals surface area contributed by atoms with Crippen molar-refractivity contribution in [3.63, 3.8) is 0 Å². The zero-order chi connectivity index (χ0) is 16.3. The Morgan fingerprint density at radius 3 is 1.50 bits per heavy atom. The molecule has 0 aliphatic carbocycles. The second-order valence-electron chi connectivity index (χ2n) is 6.13. The monoisotopic (exact) mass is 325 g/mol. The SMILES string of the molecule is CCCC(=O)O.CCCCCCCCCCCCN(C)C.[H-].[Na+]. The molecule has 4 heteroatoms. The van der Waals surface area contributed by atoms with Gasteiger partial charge in [-0.15, -0.1) is 0 Å². The van der Waals surface area contributed by atoms with Crippen molar-refractivity contribution >= 4 is 5.97 Å². The third kappa shape index (κ3) is 32.4. The number of carboxylic acid groups (broad SMARTS) is 1. The van der Waals surface area contributed by atoms with Crippen LogP contribution in [-0.2, 0) is 4.79 Å². The molecule has 0 radical (unpaired) electrons. The van der Waals surface area contributed by atoms with Crippen molar-refractivity contribution < 1.29 is 40.9 Å². The fraction of sp³-hybridized carbons (Fsp3) is 0.944. The largest absolute Gasteiger partial charge is 1.00 e. The first kappa shape index (κ1) is 27.3. The van der Waals surface area contributed by atoms with Gasteiger partial charge in [0.2, 0.25) is 0 Å². The number of carbonyl (C=O) groups is 1. The number of nitrogens with zero attached hydrogens (tertiary/aromatic N) is 1. The summed E-state index contributed by atoms with van der Waals surface area (Å²) in [5, 5.41) is 7.91. The summed E-state index contributed by atoms with van der Waals surface area (Å²) in [6.07, 6.45) is 15.4. The van der Waals surface area contributed by atoms with Gasteiger partial charge in [0.1, 0.15) is 0 Å². The molecule has 0 fully saturated rings. The fourth-order valence-electron chi connectivity index (χ4n) is 2.13. The van der Waals surface area contributed by atoms with Gasteiger partial charge < -0.3 is 11.4 Å². The van der Waals surface area contributed by atoms with Gasteiger partial charge in [0.25, 0.3) is 0 Å². The Balaban J connectivity index is -0.000000194. The molecule has 3 nitrogen and oxygen atoms in total. The van der Waals surface area contributed by atoms with E-state index >= 15 is 0 Å². The Kier molecular flexibility index (Phi) is 29.4. The Labute approximate surface area is 163 Å². The van der Waals surface area contributed by atoms with E-state index in [4.69, 9.17) is 5.11 Å². The number of rotatable bonds is 13. The summed E-state index contributed by atoms with van der Waals surface area (Å²) in [5.74, 6) is -0.711. The van der Waals surface area contributed by atoms with Gasteiger partial charge in [-0.25, -0.2) is 0 Å². The van der Waals surface area contributed by atoms with Crippen LogP contribution < -0.4 is 29.6 Å². The van der Waals surface area contributed by atoms with E-state index in [1.807, 2.05) is 6.92 Å². The molecule has 0 aromatic rings. The van der Waals surface area contributed by atoms with E-state index in [0.29, 0.717) is 6.42 Å². The molecule has 22 heavy (non-hydrogen) atoms. The zero-order valence-electron chi connectivity index (χ0n) is 17.0. The number of carboxylic acids is 1. The summed E-state index contributed by atoms with van der Waals surface area (Å²) >= 11 is 0. The molecule has 1 N–H and O–H groups in total. The number of hydrogen-bond acceptors (Lipinski definition) is 2. The Morgan fingerprint density at radius 1 is 0.818 bits per heavy atom. The van der Waals surface area contributed by atoms with Crippen molar-refractivity contribution in [1.29, 1.82) is 0 Å². The van der Waals surface area contributed by atoms with Crippen LogP contribution in [-0.4, -0.2) is 36.6 Å². The average Bonchev–Trinajstić information content (AvgIpc) is 2.41. The first-order chi connectivity index (χ1) is 10.0. The minimum Gasteiger partial charge on any atom is -1.00 e. The summed E-state index contributed by atoms with van der Waals surface area (Å²) in [6.45, 7) is 5.38. The molecular formula is C18H40NNaO2. The molecule has 0 atom stereocenters. The summed E-state index contributed by atoms with van der Waals surface area (Å²) in [6, 6.07) is 0. The minimum absolute atomic E-state index is 0. The molecule has 0 spiro atoms. The van der Waals surface area contributed by atoms with Gasteiger partial charge >= 0.3 is 35.5 Å². The van der Waals surface area contributed by atoms with Crippen LogP contribution >= 0.6 is 0 Å². The maximum Gasteiger partial charge on any atom is 1.00 e. The normalized spacial score (nSPS) is 9.86. The van der Waals surface area contributed by atoms with Crippen LogP contribution in [0.15, 0.2) is 0 Å². The van der Waals surface area contributed by atoms with Crippen molar-refractivity contribution in [1.82, 2.24) is 4.90 Å². The molecule has 0 saturated heterocycles. The van der Waals surface area contributed by atoms with Gasteiger partial charge in [-0.3, -0.25) is 4.79 Å². The van der Waals surface area contributed by atoms with Crippen LogP contribution in [0.3, 0.4) is 0 Å². The first-order valence-electron chi connectivity index (χ1n) is 8.91. The van der Waals surface area contributed by atoms with Crippen LogP contribution in [0, 0.1) is 0 Å². The molecule has 0 aromatic carbocycles. The number of unbranched alkanes of at least 4 members (excludes halogenated alkanes) is 9. The van der Waals surface area contributed by atoms with Gasteiger partial charge in [-0.1, -0.05) is 71.6 Å². The molecule has 0 saturated carbocycles. The molecule has 0 aliphatic rings. The Bertz CT molecular complexity index is 217. The van der Waals surface area contributed by atoms with Crippen molar-refractivity contribution in [3.05, 3.63) is 0 Å². The smallest absolute Gasteiger partial charge is 1.00 e. The van der Waals surface area contributed by atoms with E-state index in [1.54, 1.807) is 0 Å². The summed E-state index contributed by atoms with van der Waals surface area (Å²) < 4.78 is 0.